The summed E-state index contributed by atoms with van der Waals surface area (Å²) in [5.74, 6) is 0. The molecule has 0 aliphatic carbocycles. The molecule has 0 atom stereocenters. The van der Waals surface area contributed by atoms with Gasteiger partial charge in [-0.15, -0.1) is 13.4 Å². The number of nitrogens with one attached hydrogen (secondary N) is 3. The zero-order chi connectivity index (χ0) is 5.70. The van der Waals surface area contributed by atoms with E-state index >= 15 is 0 Å². The molecule has 0 bridgehead atoms. The summed E-state index contributed by atoms with van der Waals surface area (Å²) in [7, 11) is 0. The van der Waals surface area contributed by atoms with Gasteiger partial charge in [0.1, 0.15) is 0 Å². The fourth-order valence-electron chi connectivity index (χ4n) is 0.0479. The van der Waals surface area contributed by atoms with Gasteiger partial charge in [0.25, 0.3) is 0 Å². The van der Waals surface area contributed by atoms with Crippen LogP contribution in [-0.2, 0) is 0 Å². The average molecular weight is 116 g/mol. The number of halogens is 3. The minimum absolute atomic E-state index is 0.375. The zero-order valence-corrected chi connectivity index (χ0v) is 3.08. The Labute approximate surface area is 37.0 Å². The molecule has 0 aromatic rings. The van der Waals surface area contributed by atoms with E-state index in [9.17, 15) is 13.4 Å². The Morgan fingerprint density at radius 2 is 1.14 bits per heavy atom. The maximum Gasteiger partial charge on any atom is -0.0263 e. The third kappa shape index (κ3) is 2.34. The van der Waals surface area contributed by atoms with Crippen LogP contribution in [0, 0.1) is 0 Å². The molecule has 0 amide bonds. The third-order valence-electron chi connectivity index (χ3n) is 0.254. The average Bonchev–Trinajstić information content (AvgIpc) is 1.72. The topological polar surface area (TPSA) is 39.3 Å². The Hall–Kier alpha value is -0.370. The van der Waals surface area contributed by atoms with E-state index in [0.717, 1.165) is 0 Å². The molecule has 4 nitrogen and oxygen atoms in total. The van der Waals surface area contributed by atoms with E-state index in [1.165, 1.54) is 0 Å². The minimum Gasteiger partial charge on any atom is -0.118 e. The first-order valence-corrected chi connectivity index (χ1v) is 1.24. The van der Waals surface area contributed by atoms with Crippen LogP contribution in [0.4, 0.5) is 13.4 Å². The lowest BCUT2D eigenvalue weighted by atomic mass is 12.2. The predicted octanol–water partition coefficient (Wildman–Crippen LogP) is -0.544. The molecule has 0 saturated heterocycles. The first kappa shape index (κ1) is 6.63. The molecule has 0 saturated carbocycles. The highest BCUT2D eigenvalue weighted by atomic mass is 19.2. The molecule has 0 aliphatic rings. The highest BCUT2D eigenvalue weighted by Crippen LogP contribution is 1.64. The number of nitrogens with zero attached hydrogens (tertiary/aromatic N) is 1. The fourth-order valence-corrected chi connectivity index (χ4v) is 0.0479. The van der Waals surface area contributed by atoms with Crippen molar-refractivity contribution < 1.29 is 13.4 Å². The smallest absolute Gasteiger partial charge is 0.0263 e. The van der Waals surface area contributed by atoms with Crippen LogP contribution in [0.2, 0.25) is 0 Å². The molecule has 7 heavy (non-hydrogen) atoms. The van der Waals surface area contributed by atoms with Crippen LogP contribution in [-0.4, -0.2) is 5.23 Å². The van der Waals surface area contributed by atoms with Crippen molar-refractivity contribution in [1.82, 2.24) is 22.2 Å². The standard InChI is InChI=1S/F3H3N4/c1-4-7(5-2)6-3/h4-6H. The van der Waals surface area contributed by atoms with Crippen LogP contribution >= 0.6 is 0 Å². The number of hydrogen-bond donors (Lipinski definition) is 3. The van der Waals surface area contributed by atoms with Gasteiger partial charge in [-0.2, -0.15) is 0 Å². The maximum atomic E-state index is 10.7. The van der Waals surface area contributed by atoms with Gasteiger partial charge in [0.05, 0.1) is 0 Å². The van der Waals surface area contributed by atoms with Gasteiger partial charge in [0.2, 0.25) is 0 Å². The second kappa shape index (κ2) is 3.81. The lowest BCUT2D eigenvalue weighted by Crippen LogP contribution is -2.46. The lowest BCUT2D eigenvalue weighted by molar-refractivity contribution is -0.141. The summed E-state index contributed by atoms with van der Waals surface area (Å²) < 4.78 is 32.2. The molecular formula is H3F3N4. The second-order valence-corrected chi connectivity index (χ2v) is 0.589. The van der Waals surface area contributed by atoms with E-state index in [1.807, 2.05) is 0 Å². The maximum absolute atomic E-state index is 10.7. The highest BCUT2D eigenvalue weighted by Gasteiger charge is 1.95. The Balaban J connectivity index is 2.99. The molecule has 0 aliphatic heterocycles. The van der Waals surface area contributed by atoms with Crippen molar-refractivity contribution in [3.8, 4) is 0 Å². The summed E-state index contributed by atoms with van der Waals surface area (Å²) in [6.45, 7) is 0. The first-order valence-electron chi connectivity index (χ1n) is 1.24. The number of hydrogen-bond acceptors (Lipinski definition) is 4. The van der Waals surface area contributed by atoms with E-state index < -0.39 is 0 Å². The van der Waals surface area contributed by atoms with Gasteiger partial charge in [0.15, 0.2) is 0 Å². The van der Waals surface area contributed by atoms with Crippen molar-refractivity contribution in [2.75, 3.05) is 0 Å². The van der Waals surface area contributed by atoms with Gasteiger partial charge >= 0.3 is 0 Å². The van der Waals surface area contributed by atoms with Gasteiger partial charge in [-0.1, -0.05) is 16.9 Å². The van der Waals surface area contributed by atoms with E-state index in [4.69, 9.17) is 0 Å². The first-order chi connectivity index (χ1) is 3.35. The van der Waals surface area contributed by atoms with Crippen molar-refractivity contribution >= 4 is 0 Å². The third-order valence-corrected chi connectivity index (χ3v) is 0.254. The quantitative estimate of drug-likeness (QED) is 0.342. The van der Waals surface area contributed by atoms with Crippen LogP contribution in [0.1, 0.15) is 0 Å². The summed E-state index contributed by atoms with van der Waals surface area (Å²) in [5, 5.41) is -0.375. The Kier molecular flexibility index (Phi) is 3.61. The lowest BCUT2D eigenvalue weighted by Gasteiger charge is -2.05. The second-order valence-electron chi connectivity index (χ2n) is 0.589. The molecular weight excluding hydrogens is 113 g/mol. The van der Waals surface area contributed by atoms with E-state index in [1.54, 1.807) is 0 Å². The monoisotopic (exact) mass is 116 g/mol. The van der Waals surface area contributed by atoms with Crippen LogP contribution in [0.25, 0.3) is 0 Å². The summed E-state index contributed by atoms with van der Waals surface area (Å²) in [5.41, 5.74) is 1.69. The van der Waals surface area contributed by atoms with Gasteiger partial charge < -0.3 is 0 Å². The summed E-state index contributed by atoms with van der Waals surface area (Å²) >= 11 is 0. The Bertz CT molecular complexity index is 28.4. The minimum atomic E-state index is -0.375. The van der Waals surface area contributed by atoms with Gasteiger partial charge in [0, 0.05) is 0 Å². The molecule has 0 fully saturated rings. The Morgan fingerprint density at radius 1 is 0.857 bits per heavy atom. The molecule has 0 aromatic heterocycles. The normalized spacial score (nSPS) is 10.3. The summed E-state index contributed by atoms with van der Waals surface area (Å²) in [4.78, 5) is 0. The molecule has 3 N–H and O–H groups in total. The van der Waals surface area contributed by atoms with Crippen molar-refractivity contribution in [2.24, 2.45) is 0 Å². The SMILES string of the molecule is FNN(NF)NF. The van der Waals surface area contributed by atoms with E-state index in [-0.39, 0.29) is 5.23 Å². The summed E-state index contributed by atoms with van der Waals surface area (Å²) in [6.07, 6.45) is 0. The summed E-state index contributed by atoms with van der Waals surface area (Å²) in [6, 6.07) is 0. The fraction of sp³-hybridized carbons (Fsp3) is 0. The van der Waals surface area contributed by atoms with Crippen molar-refractivity contribution in [2.45, 2.75) is 0 Å². The van der Waals surface area contributed by atoms with Crippen LogP contribution in [0.5, 0.6) is 0 Å². The molecule has 0 rings (SSSR count). The zero-order valence-electron chi connectivity index (χ0n) is 3.08. The Morgan fingerprint density at radius 3 is 1.14 bits per heavy atom. The molecule has 0 heterocycles. The number of hydrazine groups is 3. The molecule has 7 heteroatoms. The van der Waals surface area contributed by atoms with Crippen molar-refractivity contribution in [3.63, 3.8) is 0 Å². The molecule has 44 valence electrons. The van der Waals surface area contributed by atoms with E-state index in [2.05, 4.69) is 0 Å². The predicted molar refractivity (Wildman–Crippen MR) is 14.6 cm³/mol. The highest BCUT2D eigenvalue weighted by molar-refractivity contribution is 3.95. The van der Waals surface area contributed by atoms with Gasteiger partial charge in [-0.05, 0) is 5.23 Å². The van der Waals surface area contributed by atoms with Crippen molar-refractivity contribution in [1.29, 1.82) is 0 Å². The molecule has 0 radical (unpaired) electrons. The van der Waals surface area contributed by atoms with Crippen LogP contribution < -0.4 is 16.9 Å². The van der Waals surface area contributed by atoms with E-state index in [0.29, 0.717) is 16.9 Å². The number of rotatable bonds is 3. The van der Waals surface area contributed by atoms with Gasteiger partial charge in [-0.3, -0.25) is 0 Å². The van der Waals surface area contributed by atoms with Crippen molar-refractivity contribution in [3.05, 3.63) is 0 Å². The largest absolute Gasteiger partial charge is 0.118 e. The molecule has 0 unspecified atom stereocenters. The van der Waals surface area contributed by atoms with Crippen LogP contribution in [0.3, 0.4) is 0 Å². The van der Waals surface area contributed by atoms with Gasteiger partial charge in [-0.25, -0.2) is 0 Å². The molecule has 0 spiro atoms. The van der Waals surface area contributed by atoms with Crippen LogP contribution in [0.15, 0.2) is 0 Å². The molecule has 0 aromatic carbocycles.